The Morgan fingerprint density at radius 2 is 1.90 bits per heavy atom. The Balaban J connectivity index is 1.35. The summed E-state index contributed by atoms with van der Waals surface area (Å²) in [7, 11) is 1.60. The van der Waals surface area contributed by atoms with Crippen LogP contribution in [0.25, 0.3) is 11.3 Å². The van der Waals surface area contributed by atoms with E-state index in [1.807, 2.05) is 24.3 Å². The monoisotopic (exact) mass is 552 g/mol. The van der Waals surface area contributed by atoms with Crippen molar-refractivity contribution in [2.45, 2.75) is 25.7 Å². The molecule has 0 saturated heterocycles. The normalized spacial score (nSPS) is 12.2. The molecule has 2 heterocycles. The maximum atomic E-state index is 13.2. The fraction of sp³-hybridized carbons (Fsp3) is 0.179. The fourth-order valence-corrected chi connectivity index (χ4v) is 4.61. The summed E-state index contributed by atoms with van der Waals surface area (Å²) in [6.45, 7) is 0.742. The van der Waals surface area contributed by atoms with Crippen LogP contribution in [0.15, 0.2) is 65.5 Å². The molecule has 0 spiro atoms. The zero-order valence-electron chi connectivity index (χ0n) is 20.5. The summed E-state index contributed by atoms with van der Waals surface area (Å²) in [5.41, 5.74) is 2.13. The minimum absolute atomic E-state index is 0.0916. The second-order valence-electron chi connectivity index (χ2n) is 8.77. The number of ether oxygens (including phenoxy) is 2. The number of aryl methyl sites for hydroxylation is 1. The third kappa shape index (κ3) is 5.40. The van der Waals surface area contributed by atoms with Crippen LogP contribution in [0.1, 0.15) is 22.3 Å². The number of nitriles is 1. The zero-order valence-corrected chi connectivity index (χ0v) is 21.2. The molecule has 0 fully saturated rings. The van der Waals surface area contributed by atoms with Gasteiger partial charge in [-0.05, 0) is 66.1 Å². The molecule has 0 atom stereocenters. The van der Waals surface area contributed by atoms with Crippen LogP contribution in [0.4, 0.5) is 19.0 Å². The summed E-state index contributed by atoms with van der Waals surface area (Å²) < 4.78 is 52.1. The maximum absolute atomic E-state index is 13.2. The first-order chi connectivity index (χ1) is 18.7. The third-order valence-electron chi connectivity index (χ3n) is 6.31. The summed E-state index contributed by atoms with van der Waals surface area (Å²) in [5.74, 6) is 1.10. The Kier molecular flexibility index (Phi) is 6.93. The number of rotatable bonds is 6. The molecule has 5 rings (SSSR count). The molecule has 7 nitrogen and oxygen atoms in total. The zero-order chi connectivity index (χ0) is 27.7. The van der Waals surface area contributed by atoms with Gasteiger partial charge in [-0.25, -0.2) is 4.79 Å². The van der Waals surface area contributed by atoms with Crippen LogP contribution < -0.4 is 20.5 Å². The van der Waals surface area contributed by atoms with Gasteiger partial charge >= 0.3 is 11.9 Å². The highest BCUT2D eigenvalue weighted by Crippen LogP contribution is 2.38. The van der Waals surface area contributed by atoms with Gasteiger partial charge in [0.15, 0.2) is 0 Å². The van der Waals surface area contributed by atoms with E-state index >= 15 is 0 Å². The summed E-state index contributed by atoms with van der Waals surface area (Å²) in [6.07, 6.45) is -3.96. The lowest BCUT2D eigenvalue weighted by Crippen LogP contribution is -2.29. The lowest BCUT2D eigenvalue weighted by molar-refractivity contribution is -0.137. The molecule has 3 aromatic carbocycles. The van der Waals surface area contributed by atoms with Gasteiger partial charge in [0.2, 0.25) is 0 Å². The summed E-state index contributed by atoms with van der Waals surface area (Å²) in [4.78, 5) is 16.8. The average Bonchev–Trinajstić information content (AvgIpc) is 2.92. The number of hydrogen-bond acceptors (Lipinski definition) is 6. The number of nitrogens with zero attached hydrogens (tertiary/aromatic N) is 3. The van der Waals surface area contributed by atoms with E-state index in [9.17, 15) is 23.2 Å². The van der Waals surface area contributed by atoms with Crippen molar-refractivity contribution >= 4 is 17.4 Å². The predicted octanol–water partition coefficient (Wildman–Crippen LogP) is 6.42. The Morgan fingerprint density at radius 1 is 1.10 bits per heavy atom. The van der Waals surface area contributed by atoms with Crippen LogP contribution in [0.3, 0.4) is 0 Å². The van der Waals surface area contributed by atoms with E-state index < -0.39 is 16.8 Å². The number of nitrogens with one attached hydrogen (secondary N) is 1. The van der Waals surface area contributed by atoms with E-state index in [2.05, 4.69) is 10.3 Å². The Morgan fingerprint density at radius 3 is 2.64 bits per heavy atom. The fourth-order valence-electron chi connectivity index (χ4n) is 4.39. The molecule has 1 N–H and O–H groups in total. The SMILES string of the molecule is COc1ccc2c(c1)CCn1c-2cc(NCc2ccc(Oc3ccc(Cl)c(C(F)(F)F)c3)c(C#N)c2)nc1=O. The quantitative estimate of drug-likeness (QED) is 0.297. The first-order valence-electron chi connectivity index (χ1n) is 11.8. The maximum Gasteiger partial charge on any atom is 0.417 e. The van der Waals surface area contributed by atoms with Gasteiger partial charge in [0.1, 0.15) is 29.1 Å². The molecule has 1 aliphatic rings. The number of methoxy groups -OCH3 is 1. The van der Waals surface area contributed by atoms with Gasteiger partial charge in [0, 0.05) is 24.7 Å². The number of fused-ring (bicyclic) bond motifs is 3. The van der Waals surface area contributed by atoms with Gasteiger partial charge in [0.25, 0.3) is 0 Å². The molecule has 0 amide bonds. The highest BCUT2D eigenvalue weighted by molar-refractivity contribution is 6.31. The van der Waals surface area contributed by atoms with Crippen LogP contribution in [0.2, 0.25) is 5.02 Å². The molecule has 1 aliphatic heterocycles. The highest BCUT2D eigenvalue weighted by Gasteiger charge is 2.33. The van der Waals surface area contributed by atoms with Crippen molar-refractivity contribution in [2.75, 3.05) is 12.4 Å². The van der Waals surface area contributed by atoms with E-state index in [4.69, 9.17) is 21.1 Å². The molecular weight excluding hydrogens is 533 g/mol. The number of halogens is 4. The van der Waals surface area contributed by atoms with Gasteiger partial charge in [0.05, 0.1) is 29.0 Å². The lowest BCUT2D eigenvalue weighted by atomic mass is 9.97. The predicted molar refractivity (Wildman–Crippen MR) is 139 cm³/mol. The molecular formula is C28H20ClF3N4O3. The van der Waals surface area contributed by atoms with Gasteiger partial charge in [-0.2, -0.15) is 23.4 Å². The standard InChI is InChI=1S/C28H20ClF3N4O3/c1-38-19-3-5-21-17(11-19)8-9-36-24(21)13-26(35-27(36)37)34-15-16-2-7-25(18(10-16)14-33)39-20-4-6-23(29)22(12-20)28(30,31)32/h2-7,10-13H,8-9,15H2,1H3,(H,34,35,37). The first-order valence-corrected chi connectivity index (χ1v) is 12.1. The Bertz CT molecular complexity index is 1680. The number of hydrogen-bond donors (Lipinski definition) is 1. The highest BCUT2D eigenvalue weighted by atomic mass is 35.5. The van der Waals surface area contributed by atoms with Crippen LogP contribution in [-0.4, -0.2) is 16.7 Å². The van der Waals surface area contributed by atoms with Gasteiger partial charge in [-0.15, -0.1) is 0 Å². The van der Waals surface area contributed by atoms with Crippen molar-refractivity contribution in [3.8, 4) is 34.6 Å². The van der Waals surface area contributed by atoms with E-state index in [0.717, 1.165) is 34.7 Å². The topological polar surface area (TPSA) is 89.2 Å². The second-order valence-corrected chi connectivity index (χ2v) is 9.18. The molecule has 1 aromatic heterocycles. The lowest BCUT2D eigenvalue weighted by Gasteiger charge is -2.22. The Hall–Kier alpha value is -4.49. The smallest absolute Gasteiger partial charge is 0.417 e. The average molecular weight is 553 g/mol. The van der Waals surface area contributed by atoms with Crippen molar-refractivity contribution in [1.82, 2.24) is 9.55 Å². The first kappa shape index (κ1) is 26.1. The summed E-state index contributed by atoms with van der Waals surface area (Å²) in [5, 5.41) is 12.3. The minimum atomic E-state index is -4.65. The molecule has 0 radical (unpaired) electrons. The van der Waals surface area contributed by atoms with Crippen LogP contribution >= 0.6 is 11.6 Å². The number of aromatic nitrogens is 2. The molecule has 0 aliphatic carbocycles. The molecule has 198 valence electrons. The third-order valence-corrected chi connectivity index (χ3v) is 6.64. The van der Waals surface area contributed by atoms with E-state index in [1.165, 1.54) is 12.1 Å². The van der Waals surface area contributed by atoms with Gasteiger partial charge in [-0.3, -0.25) is 4.57 Å². The number of alkyl halides is 3. The largest absolute Gasteiger partial charge is 0.497 e. The molecule has 0 bridgehead atoms. The molecule has 0 unspecified atom stereocenters. The van der Waals surface area contributed by atoms with Crippen LogP contribution in [0, 0.1) is 11.3 Å². The van der Waals surface area contributed by atoms with Crippen molar-refractivity contribution in [3.63, 3.8) is 0 Å². The van der Waals surface area contributed by atoms with Gasteiger partial charge in [-0.1, -0.05) is 17.7 Å². The van der Waals surface area contributed by atoms with Crippen molar-refractivity contribution in [2.24, 2.45) is 0 Å². The number of benzene rings is 3. The summed E-state index contributed by atoms with van der Waals surface area (Å²) in [6, 6.07) is 17.4. The minimum Gasteiger partial charge on any atom is -0.497 e. The summed E-state index contributed by atoms with van der Waals surface area (Å²) >= 11 is 5.67. The second kappa shape index (κ2) is 10.3. The molecule has 11 heteroatoms. The van der Waals surface area contributed by atoms with Crippen molar-refractivity contribution in [3.05, 3.63) is 98.4 Å². The van der Waals surface area contributed by atoms with E-state index in [0.29, 0.717) is 24.3 Å². The van der Waals surface area contributed by atoms with E-state index in [-0.39, 0.29) is 29.3 Å². The van der Waals surface area contributed by atoms with Crippen LogP contribution in [-0.2, 0) is 25.7 Å². The van der Waals surface area contributed by atoms with Gasteiger partial charge < -0.3 is 14.8 Å². The molecule has 4 aromatic rings. The molecule has 39 heavy (non-hydrogen) atoms. The number of anilines is 1. The van der Waals surface area contributed by atoms with Crippen molar-refractivity contribution in [1.29, 1.82) is 5.26 Å². The van der Waals surface area contributed by atoms with Crippen LogP contribution in [0.5, 0.6) is 17.2 Å². The van der Waals surface area contributed by atoms with E-state index in [1.54, 1.807) is 29.9 Å². The Labute approximate surface area is 226 Å². The molecule has 0 saturated carbocycles. The van der Waals surface area contributed by atoms with Crippen molar-refractivity contribution < 1.29 is 22.6 Å².